The molecular formula is C30H31FN4O. The van der Waals surface area contributed by atoms with Gasteiger partial charge in [0.25, 0.3) is 0 Å². The van der Waals surface area contributed by atoms with Gasteiger partial charge in [-0.2, -0.15) is 0 Å². The van der Waals surface area contributed by atoms with Crippen LogP contribution in [0, 0.1) is 19.7 Å². The third-order valence-corrected chi connectivity index (χ3v) is 7.69. The normalized spacial score (nSPS) is 19.8. The molecule has 0 saturated carbocycles. The average molecular weight is 483 g/mol. The van der Waals surface area contributed by atoms with Gasteiger partial charge in [0.15, 0.2) is 0 Å². The van der Waals surface area contributed by atoms with Crippen LogP contribution in [-0.4, -0.2) is 45.5 Å². The molecule has 1 amide bonds. The zero-order chi connectivity index (χ0) is 24.8. The number of aliphatic imine (C=N–C) groups is 1. The number of amides is 1. The highest BCUT2D eigenvalue weighted by Crippen LogP contribution is 2.32. The summed E-state index contributed by atoms with van der Waals surface area (Å²) in [5.74, 6) is 0.0264. The molecular weight excluding hydrogens is 451 g/mol. The van der Waals surface area contributed by atoms with Gasteiger partial charge in [-0.25, -0.2) is 4.39 Å². The number of piperidine rings is 1. The van der Waals surface area contributed by atoms with E-state index in [9.17, 15) is 9.18 Å². The lowest BCUT2D eigenvalue weighted by atomic mass is 9.90. The molecule has 1 atom stereocenters. The van der Waals surface area contributed by atoms with Gasteiger partial charge in [0, 0.05) is 48.7 Å². The Hall–Kier alpha value is -3.38. The third kappa shape index (κ3) is 4.46. The summed E-state index contributed by atoms with van der Waals surface area (Å²) in [4.78, 5) is 26.9. The standard InChI is InChI=1S/C30H31FN4O/c1-19-8-21(11-26(31)9-19)16-34-7-3-4-27(18-34)35-17-25-13-28-24(12-23(25)14-29(35)36)15-33-30(28)22-5-6-32-20(2)10-22/h5-6,8-13,27H,3-4,7,14-18H2,1-2H3/t27-/m1/s1. The van der Waals surface area contributed by atoms with Crippen LogP contribution < -0.4 is 0 Å². The van der Waals surface area contributed by atoms with Crippen molar-refractivity contribution in [3.05, 3.63) is 99.1 Å². The number of hydrogen-bond acceptors (Lipinski definition) is 4. The lowest BCUT2D eigenvalue weighted by Gasteiger charge is -2.41. The van der Waals surface area contributed by atoms with Crippen molar-refractivity contribution in [1.29, 1.82) is 0 Å². The van der Waals surface area contributed by atoms with Gasteiger partial charge in [0.2, 0.25) is 5.91 Å². The molecule has 0 N–H and O–H groups in total. The predicted molar refractivity (Wildman–Crippen MR) is 138 cm³/mol. The van der Waals surface area contributed by atoms with Gasteiger partial charge in [-0.05, 0) is 91.4 Å². The van der Waals surface area contributed by atoms with Gasteiger partial charge in [0.1, 0.15) is 5.82 Å². The third-order valence-electron chi connectivity index (χ3n) is 7.69. The van der Waals surface area contributed by atoms with Crippen molar-refractivity contribution in [2.75, 3.05) is 13.1 Å². The summed E-state index contributed by atoms with van der Waals surface area (Å²) in [7, 11) is 0. The molecule has 3 aliphatic rings. The molecule has 0 radical (unpaired) electrons. The molecule has 0 aliphatic carbocycles. The van der Waals surface area contributed by atoms with Crippen molar-refractivity contribution in [3.63, 3.8) is 0 Å². The second-order valence-electron chi connectivity index (χ2n) is 10.5. The van der Waals surface area contributed by atoms with Crippen LogP contribution in [0.25, 0.3) is 0 Å². The van der Waals surface area contributed by atoms with Crippen LogP contribution in [0.3, 0.4) is 0 Å². The minimum atomic E-state index is -0.182. The molecule has 2 aromatic carbocycles. The highest BCUT2D eigenvalue weighted by atomic mass is 19.1. The predicted octanol–water partition coefficient (Wildman–Crippen LogP) is 4.74. The van der Waals surface area contributed by atoms with E-state index < -0.39 is 0 Å². The quantitative estimate of drug-likeness (QED) is 0.540. The summed E-state index contributed by atoms with van der Waals surface area (Å²) in [6.07, 6.45) is 4.33. The molecule has 3 aliphatic heterocycles. The van der Waals surface area contributed by atoms with Crippen molar-refractivity contribution >= 4 is 11.6 Å². The lowest BCUT2D eigenvalue weighted by Crippen LogP contribution is -2.51. The van der Waals surface area contributed by atoms with E-state index in [4.69, 9.17) is 4.99 Å². The Morgan fingerprint density at radius 2 is 1.94 bits per heavy atom. The number of hydrogen-bond donors (Lipinski definition) is 0. The van der Waals surface area contributed by atoms with Crippen molar-refractivity contribution in [2.24, 2.45) is 4.99 Å². The van der Waals surface area contributed by atoms with Crippen molar-refractivity contribution in [2.45, 2.75) is 58.8 Å². The molecule has 6 heteroatoms. The van der Waals surface area contributed by atoms with E-state index in [0.29, 0.717) is 26.1 Å². The lowest BCUT2D eigenvalue weighted by molar-refractivity contribution is -0.135. The second-order valence-corrected chi connectivity index (χ2v) is 10.5. The molecule has 5 nitrogen and oxygen atoms in total. The second kappa shape index (κ2) is 9.25. The summed E-state index contributed by atoms with van der Waals surface area (Å²) in [6, 6.07) is 14.0. The first-order valence-corrected chi connectivity index (χ1v) is 12.8. The Labute approximate surface area is 211 Å². The van der Waals surface area contributed by atoms with E-state index in [0.717, 1.165) is 59.6 Å². The maximum Gasteiger partial charge on any atom is 0.227 e. The van der Waals surface area contributed by atoms with Crippen LogP contribution in [-0.2, 0) is 30.8 Å². The number of aryl methyl sites for hydroxylation is 2. The topological polar surface area (TPSA) is 48.8 Å². The molecule has 1 saturated heterocycles. The van der Waals surface area contributed by atoms with E-state index in [1.54, 1.807) is 12.1 Å². The number of rotatable bonds is 4. The summed E-state index contributed by atoms with van der Waals surface area (Å²) < 4.78 is 13.9. The maximum atomic E-state index is 13.9. The summed E-state index contributed by atoms with van der Waals surface area (Å²) >= 11 is 0. The van der Waals surface area contributed by atoms with E-state index in [-0.39, 0.29) is 17.8 Å². The Bertz CT molecular complexity index is 1360. The van der Waals surface area contributed by atoms with E-state index in [1.165, 1.54) is 16.7 Å². The van der Waals surface area contributed by atoms with E-state index in [2.05, 4.69) is 39.0 Å². The van der Waals surface area contributed by atoms with Gasteiger partial charge in [-0.1, -0.05) is 12.1 Å². The zero-order valence-electron chi connectivity index (χ0n) is 20.9. The minimum absolute atomic E-state index is 0.179. The van der Waals surface area contributed by atoms with Crippen LogP contribution in [0.4, 0.5) is 4.39 Å². The number of pyridine rings is 1. The molecule has 1 fully saturated rings. The molecule has 0 bridgehead atoms. The molecule has 0 unspecified atom stereocenters. The molecule has 1 aromatic heterocycles. The SMILES string of the molecule is Cc1cc(F)cc(CN2CCC[C@@H](N3Cc4cc5c(cc4CC3=O)CN=C5c3ccnc(C)c3)C2)c1. The number of benzene rings is 2. The first-order chi connectivity index (χ1) is 17.4. The van der Waals surface area contributed by atoms with Gasteiger partial charge < -0.3 is 4.90 Å². The van der Waals surface area contributed by atoms with Crippen molar-refractivity contribution < 1.29 is 9.18 Å². The number of halogens is 1. The summed E-state index contributed by atoms with van der Waals surface area (Å²) in [5.41, 5.74) is 9.79. The van der Waals surface area contributed by atoms with Crippen molar-refractivity contribution in [1.82, 2.24) is 14.8 Å². The van der Waals surface area contributed by atoms with E-state index >= 15 is 0 Å². The number of likely N-dealkylation sites (tertiary alicyclic amines) is 1. The molecule has 6 rings (SSSR count). The maximum absolute atomic E-state index is 13.9. The van der Waals surface area contributed by atoms with Gasteiger partial charge >= 0.3 is 0 Å². The molecule has 3 aromatic rings. The van der Waals surface area contributed by atoms with Crippen LogP contribution >= 0.6 is 0 Å². The average Bonchev–Trinajstić information content (AvgIpc) is 3.24. The fourth-order valence-corrected chi connectivity index (χ4v) is 6.05. The van der Waals surface area contributed by atoms with Crippen LogP contribution in [0.5, 0.6) is 0 Å². The Morgan fingerprint density at radius 1 is 1.06 bits per heavy atom. The minimum Gasteiger partial charge on any atom is -0.334 e. The highest BCUT2D eigenvalue weighted by Gasteiger charge is 2.33. The van der Waals surface area contributed by atoms with Crippen LogP contribution in [0.1, 0.15) is 57.5 Å². The number of fused-ring (bicyclic) bond motifs is 2. The Balaban J connectivity index is 1.21. The summed E-state index contributed by atoms with van der Waals surface area (Å²) in [6.45, 7) is 7.74. The number of nitrogens with zero attached hydrogens (tertiary/aromatic N) is 4. The highest BCUT2D eigenvalue weighted by molar-refractivity contribution is 6.15. The van der Waals surface area contributed by atoms with Gasteiger partial charge in [-0.15, -0.1) is 0 Å². The van der Waals surface area contributed by atoms with E-state index in [1.807, 2.05) is 26.1 Å². The Kier molecular flexibility index (Phi) is 5.92. The zero-order valence-corrected chi connectivity index (χ0v) is 20.9. The monoisotopic (exact) mass is 482 g/mol. The number of aromatic nitrogens is 1. The smallest absolute Gasteiger partial charge is 0.227 e. The molecule has 36 heavy (non-hydrogen) atoms. The first kappa shape index (κ1) is 23.0. The molecule has 184 valence electrons. The van der Waals surface area contributed by atoms with Gasteiger partial charge in [0.05, 0.1) is 18.7 Å². The van der Waals surface area contributed by atoms with Crippen LogP contribution in [0.15, 0.2) is 53.7 Å². The van der Waals surface area contributed by atoms with Crippen LogP contribution in [0.2, 0.25) is 0 Å². The largest absolute Gasteiger partial charge is 0.334 e. The summed E-state index contributed by atoms with van der Waals surface area (Å²) in [5, 5.41) is 0. The number of carbonyl (C=O) groups is 1. The van der Waals surface area contributed by atoms with Crippen molar-refractivity contribution in [3.8, 4) is 0 Å². The van der Waals surface area contributed by atoms with Gasteiger partial charge in [-0.3, -0.25) is 19.7 Å². The number of carbonyl (C=O) groups excluding carboxylic acids is 1. The Morgan fingerprint density at radius 3 is 2.78 bits per heavy atom. The fourth-order valence-electron chi connectivity index (χ4n) is 6.05. The molecule has 0 spiro atoms. The first-order valence-electron chi connectivity index (χ1n) is 12.8. The fraction of sp³-hybridized carbons (Fsp3) is 0.367. The molecule has 4 heterocycles.